The molecule has 0 aliphatic rings. The molecule has 2 aromatic heterocycles. The Morgan fingerprint density at radius 1 is 0.964 bits per heavy atom. The number of para-hydroxylation sites is 2. The zero-order valence-corrected chi connectivity index (χ0v) is 15.7. The van der Waals surface area contributed by atoms with Crippen molar-refractivity contribution in [3.63, 3.8) is 0 Å². The molecule has 0 aliphatic heterocycles. The smallest absolute Gasteiger partial charge is 0.257 e. The van der Waals surface area contributed by atoms with E-state index in [4.69, 9.17) is 0 Å². The van der Waals surface area contributed by atoms with Gasteiger partial charge in [0, 0.05) is 6.26 Å². The third-order valence-electron chi connectivity index (χ3n) is 4.24. The van der Waals surface area contributed by atoms with Gasteiger partial charge in [0.1, 0.15) is 12.1 Å². The van der Waals surface area contributed by atoms with Crippen molar-refractivity contribution >= 4 is 32.5 Å². The van der Waals surface area contributed by atoms with Gasteiger partial charge in [-0.25, -0.2) is 18.4 Å². The Kier molecular flexibility index (Phi) is 4.40. The van der Waals surface area contributed by atoms with Crippen molar-refractivity contribution in [1.29, 1.82) is 0 Å². The summed E-state index contributed by atoms with van der Waals surface area (Å²) in [5.41, 5.74) is 2.34. The number of aromatic nitrogens is 3. The fourth-order valence-electron chi connectivity index (χ4n) is 2.92. The topological polar surface area (TPSA) is 94.0 Å². The maximum absolute atomic E-state index is 12.6. The molecule has 0 fully saturated rings. The van der Waals surface area contributed by atoms with Crippen LogP contribution >= 0.6 is 0 Å². The van der Waals surface area contributed by atoms with Crippen molar-refractivity contribution in [3.05, 3.63) is 78.8 Å². The highest BCUT2D eigenvalue weighted by atomic mass is 32.2. The van der Waals surface area contributed by atoms with Gasteiger partial charge in [-0.3, -0.25) is 9.36 Å². The van der Waals surface area contributed by atoms with Crippen LogP contribution in [0, 0.1) is 0 Å². The van der Waals surface area contributed by atoms with E-state index >= 15 is 0 Å². The van der Waals surface area contributed by atoms with Crippen molar-refractivity contribution in [2.24, 2.45) is 0 Å². The Hall–Kier alpha value is -3.52. The van der Waals surface area contributed by atoms with Crippen LogP contribution in [-0.2, 0) is 9.84 Å². The van der Waals surface area contributed by atoms with Crippen LogP contribution in [0.1, 0.15) is 10.4 Å². The number of fused-ring (bicyclic) bond motifs is 1. The number of amides is 1. The van der Waals surface area contributed by atoms with Crippen LogP contribution in [0.25, 0.3) is 16.9 Å². The number of hydrogen-bond acceptors (Lipinski definition) is 5. The van der Waals surface area contributed by atoms with E-state index in [1.807, 2.05) is 28.8 Å². The number of imidazole rings is 1. The van der Waals surface area contributed by atoms with Gasteiger partial charge >= 0.3 is 0 Å². The molecular weight excluding hydrogens is 376 g/mol. The molecule has 0 atom stereocenters. The van der Waals surface area contributed by atoms with Gasteiger partial charge in [0.2, 0.25) is 0 Å². The lowest BCUT2D eigenvalue weighted by Gasteiger charge is -2.09. The minimum Gasteiger partial charge on any atom is -0.321 e. The number of benzene rings is 2. The van der Waals surface area contributed by atoms with E-state index in [9.17, 15) is 13.2 Å². The van der Waals surface area contributed by atoms with Crippen LogP contribution in [0.3, 0.4) is 0 Å². The van der Waals surface area contributed by atoms with E-state index in [0.29, 0.717) is 11.5 Å². The lowest BCUT2D eigenvalue weighted by Crippen LogP contribution is -2.16. The molecule has 1 amide bonds. The normalized spacial score (nSPS) is 11.5. The van der Waals surface area contributed by atoms with E-state index in [-0.39, 0.29) is 10.5 Å². The fraction of sp³-hybridized carbons (Fsp3) is 0.0500. The second kappa shape index (κ2) is 6.90. The molecule has 0 radical (unpaired) electrons. The first-order chi connectivity index (χ1) is 13.4. The van der Waals surface area contributed by atoms with Gasteiger partial charge in [0.25, 0.3) is 5.91 Å². The second-order valence-corrected chi connectivity index (χ2v) is 8.21. The van der Waals surface area contributed by atoms with E-state index in [1.165, 1.54) is 18.3 Å². The minimum absolute atomic E-state index is 0.0121. The molecule has 140 valence electrons. The molecule has 2 heterocycles. The Labute approximate surface area is 161 Å². The molecule has 0 unspecified atom stereocenters. The molecule has 0 bridgehead atoms. The molecule has 4 aromatic rings. The van der Waals surface area contributed by atoms with Crippen LogP contribution < -0.4 is 5.32 Å². The van der Waals surface area contributed by atoms with Crippen LogP contribution in [-0.4, -0.2) is 35.1 Å². The van der Waals surface area contributed by atoms with Gasteiger partial charge in [0.05, 0.1) is 33.4 Å². The highest BCUT2D eigenvalue weighted by Crippen LogP contribution is 2.19. The third kappa shape index (κ3) is 3.37. The summed E-state index contributed by atoms with van der Waals surface area (Å²) in [5, 5.41) is 2.69. The van der Waals surface area contributed by atoms with Gasteiger partial charge in [-0.05, 0) is 36.4 Å². The van der Waals surface area contributed by atoms with Gasteiger partial charge in [0.15, 0.2) is 9.84 Å². The van der Waals surface area contributed by atoms with E-state index in [2.05, 4.69) is 15.3 Å². The number of carbonyl (C=O) groups is 1. The monoisotopic (exact) mass is 392 g/mol. The lowest BCUT2D eigenvalue weighted by molar-refractivity contribution is 0.102. The average Bonchev–Trinajstić information content (AvgIpc) is 3.12. The standard InChI is InChI=1S/C20H16N4O3S/c1-28(26,27)18-9-5-2-6-15(18)20(25)23-14-10-11-19(21-12-14)24-13-22-16-7-3-4-8-17(16)24/h2-13H,1H3,(H,23,25). The summed E-state index contributed by atoms with van der Waals surface area (Å²) in [7, 11) is -3.51. The fourth-order valence-corrected chi connectivity index (χ4v) is 3.81. The Morgan fingerprint density at radius 3 is 2.46 bits per heavy atom. The zero-order chi connectivity index (χ0) is 19.7. The van der Waals surface area contributed by atoms with Crippen LogP contribution in [0.2, 0.25) is 0 Å². The molecule has 0 saturated carbocycles. The Balaban J connectivity index is 1.60. The highest BCUT2D eigenvalue weighted by molar-refractivity contribution is 7.90. The van der Waals surface area contributed by atoms with Gasteiger partial charge in [-0.2, -0.15) is 0 Å². The summed E-state index contributed by atoms with van der Waals surface area (Å²) in [6.45, 7) is 0. The molecule has 1 N–H and O–H groups in total. The molecule has 4 rings (SSSR count). The number of carbonyl (C=O) groups excluding carboxylic acids is 1. The van der Waals surface area contributed by atoms with Crippen molar-refractivity contribution < 1.29 is 13.2 Å². The third-order valence-corrected chi connectivity index (χ3v) is 5.39. The maximum Gasteiger partial charge on any atom is 0.257 e. The molecule has 0 saturated heterocycles. The summed E-state index contributed by atoms with van der Waals surface area (Å²) < 4.78 is 25.6. The molecule has 8 heteroatoms. The van der Waals surface area contributed by atoms with E-state index in [1.54, 1.807) is 30.6 Å². The Morgan fingerprint density at radius 2 is 1.71 bits per heavy atom. The van der Waals surface area contributed by atoms with Crippen LogP contribution in [0.4, 0.5) is 5.69 Å². The molecule has 0 spiro atoms. The van der Waals surface area contributed by atoms with Crippen molar-refractivity contribution in [2.45, 2.75) is 4.90 Å². The summed E-state index contributed by atoms with van der Waals surface area (Å²) >= 11 is 0. The number of nitrogens with one attached hydrogen (secondary N) is 1. The number of anilines is 1. The van der Waals surface area contributed by atoms with Gasteiger partial charge < -0.3 is 5.32 Å². The number of nitrogens with zero attached hydrogens (tertiary/aromatic N) is 3. The van der Waals surface area contributed by atoms with E-state index in [0.717, 1.165) is 17.3 Å². The molecule has 28 heavy (non-hydrogen) atoms. The minimum atomic E-state index is -3.51. The summed E-state index contributed by atoms with van der Waals surface area (Å²) in [6, 6.07) is 17.3. The first kappa shape index (κ1) is 17.9. The van der Waals surface area contributed by atoms with Crippen molar-refractivity contribution in [3.8, 4) is 5.82 Å². The quantitative estimate of drug-likeness (QED) is 0.576. The summed E-state index contributed by atoms with van der Waals surface area (Å²) in [6.07, 6.45) is 4.28. The van der Waals surface area contributed by atoms with Gasteiger partial charge in [-0.1, -0.05) is 24.3 Å². The Bertz CT molecular complexity index is 1280. The zero-order valence-electron chi connectivity index (χ0n) is 14.9. The maximum atomic E-state index is 12.6. The predicted octanol–water partition coefficient (Wildman–Crippen LogP) is 3.08. The van der Waals surface area contributed by atoms with Crippen molar-refractivity contribution in [1.82, 2.24) is 14.5 Å². The van der Waals surface area contributed by atoms with Crippen LogP contribution in [0.5, 0.6) is 0 Å². The van der Waals surface area contributed by atoms with Crippen LogP contribution in [0.15, 0.2) is 78.1 Å². The number of sulfone groups is 1. The first-order valence-corrected chi connectivity index (χ1v) is 10.3. The largest absolute Gasteiger partial charge is 0.321 e. The average molecular weight is 392 g/mol. The number of rotatable bonds is 4. The SMILES string of the molecule is CS(=O)(=O)c1ccccc1C(=O)Nc1ccc(-n2cnc3ccccc32)nc1. The number of hydrogen-bond donors (Lipinski definition) is 1. The second-order valence-electron chi connectivity index (χ2n) is 6.23. The summed E-state index contributed by atoms with van der Waals surface area (Å²) in [5.74, 6) is 0.145. The molecule has 2 aromatic carbocycles. The van der Waals surface area contributed by atoms with Crippen molar-refractivity contribution in [2.75, 3.05) is 11.6 Å². The first-order valence-electron chi connectivity index (χ1n) is 8.42. The predicted molar refractivity (Wildman–Crippen MR) is 106 cm³/mol. The highest BCUT2D eigenvalue weighted by Gasteiger charge is 2.18. The summed E-state index contributed by atoms with van der Waals surface area (Å²) in [4.78, 5) is 21.3. The van der Waals surface area contributed by atoms with E-state index < -0.39 is 15.7 Å². The van der Waals surface area contributed by atoms with Gasteiger partial charge in [-0.15, -0.1) is 0 Å². The number of pyridine rings is 1. The lowest BCUT2D eigenvalue weighted by atomic mass is 10.2. The molecule has 0 aliphatic carbocycles. The molecular formula is C20H16N4O3S. The molecule has 7 nitrogen and oxygen atoms in total.